The molecule has 0 spiro atoms. The van der Waals surface area contributed by atoms with Crippen LogP contribution in [0.1, 0.15) is 46.1 Å². The molecule has 0 aliphatic carbocycles. The number of aromatic nitrogens is 3. The van der Waals surface area contributed by atoms with Gasteiger partial charge >= 0.3 is 0 Å². The van der Waals surface area contributed by atoms with Gasteiger partial charge in [-0.1, -0.05) is 6.07 Å². The Hall–Kier alpha value is -3.85. The van der Waals surface area contributed by atoms with Crippen molar-refractivity contribution in [3.8, 4) is 0 Å². The van der Waals surface area contributed by atoms with Crippen LogP contribution in [-0.2, 0) is 16.4 Å². The minimum absolute atomic E-state index is 0.159. The van der Waals surface area contributed by atoms with E-state index in [0.29, 0.717) is 22.7 Å². The lowest BCUT2D eigenvalue weighted by atomic mass is 9.92. The number of aryl methyl sites for hydroxylation is 1. The lowest BCUT2D eigenvalue weighted by Crippen LogP contribution is -2.33. The van der Waals surface area contributed by atoms with Gasteiger partial charge in [0.15, 0.2) is 9.84 Å². The summed E-state index contributed by atoms with van der Waals surface area (Å²) >= 11 is 0. The topological polar surface area (TPSA) is 105 Å². The number of piperidine rings is 1. The summed E-state index contributed by atoms with van der Waals surface area (Å²) in [5.74, 6) is 0.0353. The third-order valence-electron chi connectivity index (χ3n) is 6.86. The number of carbonyl (C=O) groups is 1. The Morgan fingerprint density at radius 1 is 1.08 bits per heavy atom. The molecule has 9 heteroatoms. The zero-order valence-electron chi connectivity index (χ0n) is 20.9. The van der Waals surface area contributed by atoms with Crippen molar-refractivity contribution in [2.75, 3.05) is 24.2 Å². The number of benzene rings is 1. The molecule has 8 nitrogen and oxygen atoms in total. The van der Waals surface area contributed by atoms with E-state index >= 15 is 0 Å². The zero-order valence-corrected chi connectivity index (χ0v) is 21.7. The Balaban J connectivity index is 1.26. The number of rotatable bonds is 6. The molecule has 37 heavy (non-hydrogen) atoms. The summed E-state index contributed by atoms with van der Waals surface area (Å²) in [5.41, 5.74) is 4.68. The van der Waals surface area contributed by atoms with Crippen molar-refractivity contribution in [3.05, 3.63) is 89.6 Å². The van der Waals surface area contributed by atoms with E-state index in [0.717, 1.165) is 54.5 Å². The Morgan fingerprint density at radius 3 is 2.62 bits per heavy atom. The van der Waals surface area contributed by atoms with Crippen molar-refractivity contribution in [1.29, 1.82) is 0 Å². The fraction of sp³-hybridized carbons (Fsp3) is 0.286. The van der Waals surface area contributed by atoms with Crippen molar-refractivity contribution >= 4 is 32.3 Å². The minimum atomic E-state index is -3.42. The molecule has 1 fully saturated rings. The first-order chi connectivity index (χ1) is 17.8. The maximum absolute atomic E-state index is 12.7. The first kappa shape index (κ1) is 24.8. The van der Waals surface area contributed by atoms with Crippen molar-refractivity contribution < 1.29 is 13.2 Å². The molecule has 1 N–H and O–H groups in total. The van der Waals surface area contributed by atoms with E-state index in [1.165, 1.54) is 6.07 Å². The molecular weight excluding hydrogens is 486 g/mol. The number of hydrogen-bond donors (Lipinski definition) is 1. The van der Waals surface area contributed by atoms with Gasteiger partial charge in [0.1, 0.15) is 0 Å². The van der Waals surface area contributed by atoms with Gasteiger partial charge in [-0.25, -0.2) is 8.42 Å². The van der Waals surface area contributed by atoms with Crippen LogP contribution in [-0.4, -0.2) is 48.6 Å². The van der Waals surface area contributed by atoms with Crippen LogP contribution in [0.25, 0.3) is 10.9 Å². The summed E-state index contributed by atoms with van der Waals surface area (Å²) in [5, 5.41) is 3.79. The van der Waals surface area contributed by atoms with E-state index in [9.17, 15) is 13.2 Å². The smallest absolute Gasteiger partial charge is 0.251 e. The van der Waals surface area contributed by atoms with Gasteiger partial charge in [0, 0.05) is 54.3 Å². The molecular formula is C28H29N5O3S. The molecule has 0 unspecified atom stereocenters. The number of fused-ring (bicyclic) bond motifs is 1. The van der Waals surface area contributed by atoms with E-state index in [-0.39, 0.29) is 17.3 Å². The highest BCUT2D eigenvalue weighted by molar-refractivity contribution is 7.90. The number of amides is 1. The molecule has 1 saturated heterocycles. The molecule has 0 bridgehead atoms. The van der Waals surface area contributed by atoms with E-state index in [4.69, 9.17) is 4.98 Å². The summed E-state index contributed by atoms with van der Waals surface area (Å²) in [6, 6.07) is 14.8. The van der Waals surface area contributed by atoms with Gasteiger partial charge in [-0.05, 0) is 67.8 Å². The standard InChI is InChI=1S/C28H29N5O3S/c1-19-5-6-21(14-27(19)37(2,35)36)28(34)31-17-23-15-26-22(16-30-23)7-8-25(32-26)20-9-12-33(13-10-20)24-4-3-11-29-18-24/h3-8,11,14-16,18,20H,9-10,12-13,17H2,1-2H3,(H,31,34). The lowest BCUT2D eigenvalue weighted by molar-refractivity contribution is 0.0950. The van der Waals surface area contributed by atoms with Crippen LogP contribution >= 0.6 is 0 Å². The lowest BCUT2D eigenvalue weighted by Gasteiger charge is -2.33. The molecule has 3 aromatic heterocycles. The Morgan fingerprint density at radius 2 is 1.89 bits per heavy atom. The molecule has 5 rings (SSSR count). The summed E-state index contributed by atoms with van der Waals surface area (Å²) in [6.07, 6.45) is 8.65. The van der Waals surface area contributed by atoms with E-state index < -0.39 is 9.84 Å². The Bertz CT molecular complexity index is 1550. The number of nitrogens with one attached hydrogen (secondary N) is 1. The fourth-order valence-corrected chi connectivity index (χ4v) is 5.78. The van der Waals surface area contributed by atoms with E-state index in [2.05, 4.69) is 38.4 Å². The van der Waals surface area contributed by atoms with Gasteiger partial charge in [0.25, 0.3) is 5.91 Å². The predicted molar refractivity (Wildman–Crippen MR) is 143 cm³/mol. The third-order valence-corrected chi connectivity index (χ3v) is 8.09. The normalized spacial score (nSPS) is 14.6. The number of nitrogens with zero attached hydrogens (tertiary/aromatic N) is 4. The zero-order chi connectivity index (χ0) is 26.0. The molecule has 190 valence electrons. The highest BCUT2D eigenvalue weighted by Gasteiger charge is 2.22. The van der Waals surface area contributed by atoms with Gasteiger partial charge in [0.2, 0.25) is 0 Å². The first-order valence-electron chi connectivity index (χ1n) is 12.3. The van der Waals surface area contributed by atoms with Crippen LogP contribution < -0.4 is 10.2 Å². The summed E-state index contributed by atoms with van der Waals surface area (Å²) in [6.45, 7) is 3.85. The number of sulfone groups is 1. The molecule has 0 atom stereocenters. The molecule has 1 aliphatic rings. The average molecular weight is 516 g/mol. The van der Waals surface area contributed by atoms with Crippen LogP contribution in [0.4, 0.5) is 5.69 Å². The average Bonchev–Trinajstić information content (AvgIpc) is 2.91. The second-order valence-corrected chi connectivity index (χ2v) is 11.5. The van der Waals surface area contributed by atoms with Crippen molar-refractivity contribution in [2.45, 2.75) is 37.1 Å². The highest BCUT2D eigenvalue weighted by Crippen LogP contribution is 2.30. The van der Waals surface area contributed by atoms with E-state index in [1.54, 1.807) is 31.5 Å². The van der Waals surface area contributed by atoms with Crippen LogP contribution in [0.2, 0.25) is 0 Å². The summed E-state index contributed by atoms with van der Waals surface area (Å²) in [4.78, 5) is 28.9. The molecule has 1 aliphatic heterocycles. The summed E-state index contributed by atoms with van der Waals surface area (Å²) < 4.78 is 24.0. The largest absolute Gasteiger partial charge is 0.370 e. The number of carbonyl (C=O) groups excluding carboxylic acids is 1. The molecule has 4 heterocycles. The highest BCUT2D eigenvalue weighted by atomic mass is 32.2. The van der Waals surface area contributed by atoms with Crippen molar-refractivity contribution in [1.82, 2.24) is 20.3 Å². The monoisotopic (exact) mass is 515 g/mol. The van der Waals surface area contributed by atoms with Gasteiger partial charge in [-0.2, -0.15) is 0 Å². The third kappa shape index (κ3) is 5.61. The number of anilines is 1. The molecule has 0 saturated carbocycles. The van der Waals surface area contributed by atoms with Crippen LogP contribution in [0, 0.1) is 6.92 Å². The Kier molecular flexibility index (Phi) is 6.88. The molecule has 0 radical (unpaired) electrons. The fourth-order valence-electron chi connectivity index (χ4n) is 4.79. The second-order valence-electron chi connectivity index (χ2n) is 9.51. The van der Waals surface area contributed by atoms with Crippen LogP contribution in [0.15, 0.2) is 72.0 Å². The van der Waals surface area contributed by atoms with Crippen molar-refractivity contribution in [3.63, 3.8) is 0 Å². The maximum atomic E-state index is 12.7. The summed E-state index contributed by atoms with van der Waals surface area (Å²) in [7, 11) is -3.42. The SMILES string of the molecule is Cc1ccc(C(=O)NCc2cc3nc(C4CCN(c5cccnc5)CC4)ccc3cn2)cc1S(C)(=O)=O. The quantitative estimate of drug-likeness (QED) is 0.413. The molecule has 4 aromatic rings. The van der Waals surface area contributed by atoms with Gasteiger partial charge < -0.3 is 10.2 Å². The molecule has 1 aromatic carbocycles. The maximum Gasteiger partial charge on any atom is 0.251 e. The Labute approximate surface area is 216 Å². The van der Waals surface area contributed by atoms with Crippen LogP contribution in [0.5, 0.6) is 0 Å². The van der Waals surface area contributed by atoms with Gasteiger partial charge in [-0.3, -0.25) is 19.7 Å². The van der Waals surface area contributed by atoms with E-state index in [1.807, 2.05) is 18.3 Å². The van der Waals surface area contributed by atoms with Gasteiger partial charge in [-0.15, -0.1) is 0 Å². The number of pyridine rings is 3. The number of hydrogen-bond acceptors (Lipinski definition) is 7. The second kappa shape index (κ2) is 10.3. The van der Waals surface area contributed by atoms with Gasteiger partial charge in [0.05, 0.1) is 34.5 Å². The minimum Gasteiger partial charge on any atom is -0.370 e. The van der Waals surface area contributed by atoms with Crippen molar-refractivity contribution in [2.24, 2.45) is 0 Å². The first-order valence-corrected chi connectivity index (χ1v) is 14.2. The molecule has 1 amide bonds. The predicted octanol–water partition coefficient (Wildman–Crippen LogP) is 4.05. The van der Waals surface area contributed by atoms with Crippen LogP contribution in [0.3, 0.4) is 0 Å².